The molecule has 0 saturated carbocycles. The van der Waals surface area contributed by atoms with Crippen LogP contribution in [0.3, 0.4) is 0 Å². The van der Waals surface area contributed by atoms with Crippen LogP contribution in [0.25, 0.3) is 0 Å². The molecule has 0 N–H and O–H groups in total. The van der Waals surface area contributed by atoms with E-state index in [1.54, 1.807) is 0 Å². The van der Waals surface area contributed by atoms with Crippen LogP contribution in [-0.2, 0) is 16.2 Å². The number of hydrogen-bond donors (Lipinski definition) is 0. The van der Waals surface area contributed by atoms with Gasteiger partial charge in [-0.1, -0.05) is 142 Å². The SMILES string of the molecule is CC.CC(C)(C)c1cc(P(c2ccccc2)n2cccc2)c2c(c1)C(C)(C)c1cc(C(C)(C)C)cc(P(c3ccccc3)n3cccc3)c1O2. The molecule has 0 amide bonds. The molecule has 7 rings (SSSR count). The molecule has 0 saturated heterocycles. The minimum absolute atomic E-state index is 0.0387. The van der Waals surface area contributed by atoms with E-state index < -0.39 is 16.1 Å². The van der Waals surface area contributed by atoms with Crippen molar-refractivity contribution in [3.8, 4) is 11.5 Å². The maximum Gasteiger partial charge on any atom is 0.141 e. The Kier molecular flexibility index (Phi) is 10.1. The first-order valence-electron chi connectivity index (χ1n) is 17.9. The van der Waals surface area contributed by atoms with Crippen LogP contribution in [0.5, 0.6) is 11.5 Å². The normalized spacial score (nSPS) is 14.8. The van der Waals surface area contributed by atoms with Crippen molar-refractivity contribution in [2.45, 2.75) is 85.5 Å². The summed E-state index contributed by atoms with van der Waals surface area (Å²) < 4.78 is 12.3. The van der Waals surface area contributed by atoms with Crippen molar-refractivity contribution >= 4 is 37.4 Å². The maximum absolute atomic E-state index is 7.52. The average Bonchev–Trinajstić information content (AvgIpc) is 3.82. The van der Waals surface area contributed by atoms with Gasteiger partial charge in [-0.05, 0) is 58.4 Å². The molecule has 5 heteroatoms. The van der Waals surface area contributed by atoms with Gasteiger partial charge in [0.2, 0.25) is 0 Å². The van der Waals surface area contributed by atoms with E-state index in [4.69, 9.17) is 4.74 Å². The minimum Gasteiger partial charge on any atom is -0.455 e. The number of hydrogen-bond acceptors (Lipinski definition) is 1. The Morgan fingerprint density at radius 2 is 0.840 bits per heavy atom. The molecule has 2 atom stereocenters. The summed E-state index contributed by atoms with van der Waals surface area (Å²) in [5.41, 5.74) is 4.80. The largest absolute Gasteiger partial charge is 0.455 e. The molecule has 50 heavy (non-hydrogen) atoms. The summed E-state index contributed by atoms with van der Waals surface area (Å²) in [6.07, 6.45) is 8.83. The van der Waals surface area contributed by atoms with E-state index in [2.05, 4.69) is 198 Å². The monoisotopic (exact) mass is 698 g/mol. The topological polar surface area (TPSA) is 19.1 Å². The van der Waals surface area contributed by atoms with E-state index in [-0.39, 0.29) is 16.2 Å². The first kappa shape index (κ1) is 35.9. The van der Waals surface area contributed by atoms with Crippen LogP contribution in [-0.4, -0.2) is 8.68 Å². The standard InChI is InChI=1S/C43H46N2OP2.C2H6/c1-41(2,3)31-27-35-39(37(29-31)47(44-23-15-16-24-44)33-19-11-9-12-20-33)46-40-36(43(35,7)8)28-32(42(4,5)6)30-38(40)48(45-25-17-18-26-45)34-21-13-10-14-22-34;1-2/h9-30H,1-8H3;1-2H3. The maximum atomic E-state index is 7.52. The third-order valence-electron chi connectivity index (χ3n) is 9.52. The van der Waals surface area contributed by atoms with Crippen molar-refractivity contribution in [2.75, 3.05) is 0 Å². The number of ether oxygens (including phenoxy) is 1. The van der Waals surface area contributed by atoms with Gasteiger partial charge in [0, 0.05) is 62.5 Å². The Morgan fingerprint density at radius 3 is 1.16 bits per heavy atom. The molecular formula is C45H52N2OP2. The van der Waals surface area contributed by atoms with E-state index in [9.17, 15) is 0 Å². The second-order valence-electron chi connectivity index (χ2n) is 15.4. The molecule has 6 aromatic rings. The summed E-state index contributed by atoms with van der Waals surface area (Å²) in [4.78, 5) is 0. The lowest BCUT2D eigenvalue weighted by atomic mass is 9.72. The van der Waals surface area contributed by atoms with E-state index >= 15 is 0 Å². The lowest BCUT2D eigenvalue weighted by Crippen LogP contribution is -2.34. The van der Waals surface area contributed by atoms with Gasteiger partial charge < -0.3 is 13.4 Å². The van der Waals surface area contributed by atoms with Crippen LogP contribution in [0.2, 0.25) is 0 Å². The van der Waals surface area contributed by atoms with Gasteiger partial charge in [-0.25, -0.2) is 0 Å². The zero-order valence-corrected chi connectivity index (χ0v) is 33.2. The molecular weight excluding hydrogens is 646 g/mol. The van der Waals surface area contributed by atoms with Gasteiger partial charge in [0.1, 0.15) is 11.5 Å². The predicted octanol–water partition coefficient (Wildman–Crippen LogP) is 11.1. The van der Waals surface area contributed by atoms with Gasteiger partial charge in [0.25, 0.3) is 0 Å². The van der Waals surface area contributed by atoms with Crippen LogP contribution >= 0.6 is 16.1 Å². The highest BCUT2D eigenvalue weighted by Gasteiger charge is 2.42. The third kappa shape index (κ3) is 6.76. The van der Waals surface area contributed by atoms with Crippen LogP contribution in [0, 0.1) is 0 Å². The Bertz CT molecular complexity index is 1890. The molecule has 2 unspecified atom stereocenters. The Morgan fingerprint density at radius 1 is 0.500 bits per heavy atom. The molecule has 1 aliphatic rings. The van der Waals surface area contributed by atoms with Crippen molar-refractivity contribution in [3.63, 3.8) is 0 Å². The Balaban J connectivity index is 0.00000212. The quantitative estimate of drug-likeness (QED) is 0.159. The molecule has 3 heterocycles. The lowest BCUT2D eigenvalue weighted by molar-refractivity contribution is 0.421. The van der Waals surface area contributed by atoms with Gasteiger partial charge in [-0.3, -0.25) is 0 Å². The number of fused-ring (bicyclic) bond motifs is 2. The van der Waals surface area contributed by atoms with E-state index in [1.807, 2.05) is 13.8 Å². The summed E-state index contributed by atoms with van der Waals surface area (Å²) in [6.45, 7) is 22.7. The van der Waals surface area contributed by atoms with Gasteiger partial charge in [0.05, 0.1) is 16.1 Å². The second-order valence-corrected chi connectivity index (χ2v) is 19.6. The van der Waals surface area contributed by atoms with Crippen LogP contribution in [0.1, 0.15) is 91.5 Å². The van der Waals surface area contributed by atoms with Crippen molar-refractivity contribution in [1.82, 2.24) is 8.68 Å². The minimum atomic E-state index is -0.956. The average molecular weight is 699 g/mol. The summed E-state index contributed by atoms with van der Waals surface area (Å²) in [6, 6.07) is 40.2. The molecule has 2 aromatic heterocycles. The van der Waals surface area contributed by atoms with Gasteiger partial charge >= 0.3 is 0 Å². The number of nitrogens with zero attached hydrogens (tertiary/aromatic N) is 2. The Hall–Kier alpha value is -3.90. The first-order valence-corrected chi connectivity index (χ1v) is 20.5. The fourth-order valence-electron chi connectivity index (χ4n) is 6.65. The molecule has 0 fully saturated rings. The summed E-state index contributed by atoms with van der Waals surface area (Å²) in [7, 11) is -1.91. The second kappa shape index (κ2) is 14.0. The number of aromatic nitrogens is 2. The first-order chi connectivity index (χ1) is 23.8. The number of rotatable bonds is 6. The molecule has 1 aliphatic heterocycles. The third-order valence-corrected chi connectivity index (χ3v) is 14.1. The fraction of sp³-hybridized carbons (Fsp3) is 0.289. The van der Waals surface area contributed by atoms with Crippen molar-refractivity contribution < 1.29 is 4.74 Å². The lowest BCUT2D eigenvalue weighted by Gasteiger charge is -2.41. The predicted molar refractivity (Wildman–Crippen MR) is 219 cm³/mol. The number of benzene rings is 4. The molecule has 0 spiro atoms. The highest BCUT2D eigenvalue weighted by molar-refractivity contribution is 7.72. The molecule has 3 nitrogen and oxygen atoms in total. The van der Waals surface area contributed by atoms with Crippen molar-refractivity contribution in [1.29, 1.82) is 0 Å². The van der Waals surface area contributed by atoms with E-state index in [0.717, 1.165) is 11.5 Å². The molecule has 4 aromatic carbocycles. The molecule has 0 radical (unpaired) electrons. The molecule has 0 bridgehead atoms. The van der Waals surface area contributed by atoms with Crippen molar-refractivity contribution in [3.05, 3.63) is 156 Å². The van der Waals surface area contributed by atoms with Crippen molar-refractivity contribution in [2.24, 2.45) is 0 Å². The van der Waals surface area contributed by atoms with Gasteiger partial charge in [-0.2, -0.15) is 0 Å². The highest BCUT2D eigenvalue weighted by Crippen LogP contribution is 2.54. The Labute approximate surface area is 303 Å². The zero-order valence-electron chi connectivity index (χ0n) is 31.4. The van der Waals surface area contributed by atoms with Crippen LogP contribution < -0.4 is 26.0 Å². The van der Waals surface area contributed by atoms with Crippen LogP contribution in [0.4, 0.5) is 0 Å². The van der Waals surface area contributed by atoms with Gasteiger partial charge in [0.15, 0.2) is 0 Å². The zero-order chi connectivity index (χ0) is 35.8. The summed E-state index contributed by atoms with van der Waals surface area (Å²) in [5, 5.41) is 5.10. The fourth-order valence-corrected chi connectivity index (χ4v) is 11.2. The van der Waals surface area contributed by atoms with Crippen LogP contribution in [0.15, 0.2) is 134 Å². The summed E-state index contributed by atoms with van der Waals surface area (Å²) in [5.74, 6) is 2.01. The highest BCUT2D eigenvalue weighted by atomic mass is 31.1. The van der Waals surface area contributed by atoms with Gasteiger partial charge in [-0.15, -0.1) is 0 Å². The summed E-state index contributed by atoms with van der Waals surface area (Å²) >= 11 is 0. The van der Waals surface area contributed by atoms with E-state index in [0.29, 0.717) is 0 Å². The molecule has 0 aliphatic carbocycles. The smallest absolute Gasteiger partial charge is 0.141 e. The molecule has 258 valence electrons. The van der Waals surface area contributed by atoms with E-state index in [1.165, 1.54) is 43.5 Å².